The second kappa shape index (κ2) is 4.70. The summed E-state index contributed by atoms with van der Waals surface area (Å²) in [5.74, 6) is 1.68. The maximum Gasteiger partial charge on any atom is 0.138 e. The van der Waals surface area contributed by atoms with Crippen LogP contribution in [0, 0.1) is 11.8 Å². The van der Waals surface area contributed by atoms with Crippen molar-refractivity contribution in [1.29, 1.82) is 0 Å². The van der Waals surface area contributed by atoms with Crippen molar-refractivity contribution < 1.29 is 0 Å². The molecule has 2 N–H and O–H groups in total. The highest BCUT2D eigenvalue weighted by molar-refractivity contribution is 4.95. The molecule has 1 aliphatic carbocycles. The molecule has 6 nitrogen and oxygen atoms in total. The molecule has 0 amide bonds. The Balaban J connectivity index is 1.41. The van der Waals surface area contributed by atoms with Crippen LogP contribution in [0.25, 0.3) is 0 Å². The smallest absolute Gasteiger partial charge is 0.138 e. The van der Waals surface area contributed by atoms with Gasteiger partial charge in [-0.15, -0.1) is 5.10 Å². The Bertz CT molecular complexity index is 347. The minimum Gasteiger partial charge on any atom is -0.326 e. The van der Waals surface area contributed by atoms with Crippen molar-refractivity contribution in [1.82, 2.24) is 25.1 Å². The Morgan fingerprint density at radius 3 is 2.82 bits per heavy atom. The monoisotopic (exact) mass is 236 g/mol. The molecule has 1 saturated heterocycles. The van der Waals surface area contributed by atoms with Crippen LogP contribution >= 0.6 is 0 Å². The summed E-state index contributed by atoms with van der Waals surface area (Å²) in [7, 11) is 0. The molecule has 94 valence electrons. The third-order valence-electron chi connectivity index (χ3n) is 3.97. The average Bonchev–Trinajstić information content (AvgIpc) is 2.89. The summed E-state index contributed by atoms with van der Waals surface area (Å²) >= 11 is 0. The molecule has 17 heavy (non-hydrogen) atoms. The highest BCUT2D eigenvalue weighted by Crippen LogP contribution is 2.40. The van der Waals surface area contributed by atoms with Gasteiger partial charge >= 0.3 is 0 Å². The quantitative estimate of drug-likeness (QED) is 0.762. The van der Waals surface area contributed by atoms with Gasteiger partial charge in [-0.05, 0) is 48.1 Å². The van der Waals surface area contributed by atoms with E-state index in [0.717, 1.165) is 37.9 Å². The highest BCUT2D eigenvalue weighted by atomic mass is 15.5. The predicted molar refractivity (Wildman–Crippen MR) is 63.1 cm³/mol. The zero-order valence-electron chi connectivity index (χ0n) is 10.1. The SMILES string of the molecule is N[C@H]1CN(CCCn2cnnn2)C[C@@H]1C1CC1. The van der Waals surface area contributed by atoms with Gasteiger partial charge < -0.3 is 10.6 Å². The molecule has 0 radical (unpaired) electrons. The number of hydrogen-bond acceptors (Lipinski definition) is 5. The van der Waals surface area contributed by atoms with Crippen LogP contribution in [0.4, 0.5) is 0 Å². The fraction of sp³-hybridized carbons (Fsp3) is 0.909. The molecule has 0 aromatic carbocycles. The van der Waals surface area contributed by atoms with E-state index in [9.17, 15) is 0 Å². The van der Waals surface area contributed by atoms with Crippen molar-refractivity contribution in [3.8, 4) is 0 Å². The van der Waals surface area contributed by atoms with Gasteiger partial charge in [0.2, 0.25) is 0 Å². The molecule has 2 aliphatic rings. The molecule has 2 atom stereocenters. The largest absolute Gasteiger partial charge is 0.326 e. The molecular weight excluding hydrogens is 216 g/mol. The van der Waals surface area contributed by atoms with E-state index in [2.05, 4.69) is 20.4 Å². The first-order valence-corrected chi connectivity index (χ1v) is 6.51. The lowest BCUT2D eigenvalue weighted by Gasteiger charge is -2.15. The van der Waals surface area contributed by atoms with E-state index in [1.807, 2.05) is 0 Å². The maximum atomic E-state index is 6.20. The normalized spacial score (nSPS) is 29.9. The number of likely N-dealkylation sites (tertiary alicyclic amines) is 1. The van der Waals surface area contributed by atoms with E-state index >= 15 is 0 Å². The van der Waals surface area contributed by atoms with E-state index < -0.39 is 0 Å². The molecule has 1 saturated carbocycles. The molecule has 3 rings (SSSR count). The molecule has 1 aromatic heterocycles. The molecule has 2 fully saturated rings. The number of rotatable bonds is 5. The Morgan fingerprint density at radius 1 is 1.24 bits per heavy atom. The zero-order chi connectivity index (χ0) is 11.7. The topological polar surface area (TPSA) is 72.9 Å². The standard InChI is InChI=1S/C11H20N6/c12-11-7-16(6-10(11)9-2-3-9)4-1-5-17-8-13-14-15-17/h8-11H,1-7,12H2/t10-,11+/m1/s1. The lowest BCUT2D eigenvalue weighted by atomic mass is 9.99. The summed E-state index contributed by atoms with van der Waals surface area (Å²) in [6.07, 6.45) is 5.56. The van der Waals surface area contributed by atoms with E-state index in [1.165, 1.54) is 19.4 Å². The fourth-order valence-electron chi connectivity index (χ4n) is 2.89. The molecular formula is C11H20N6. The molecule has 0 bridgehead atoms. The summed E-state index contributed by atoms with van der Waals surface area (Å²) < 4.78 is 1.79. The number of hydrogen-bond donors (Lipinski definition) is 1. The lowest BCUT2D eigenvalue weighted by molar-refractivity contribution is 0.303. The fourth-order valence-corrected chi connectivity index (χ4v) is 2.89. The summed E-state index contributed by atoms with van der Waals surface area (Å²) in [6, 6.07) is 0.399. The van der Waals surface area contributed by atoms with Gasteiger partial charge in [-0.3, -0.25) is 0 Å². The van der Waals surface area contributed by atoms with Crippen molar-refractivity contribution in [2.75, 3.05) is 19.6 Å². The average molecular weight is 236 g/mol. The zero-order valence-corrected chi connectivity index (χ0v) is 10.1. The summed E-state index contributed by atoms with van der Waals surface area (Å²) in [5, 5.41) is 11.1. The first-order chi connectivity index (χ1) is 8.33. The van der Waals surface area contributed by atoms with Gasteiger partial charge in [0.1, 0.15) is 6.33 Å². The summed E-state index contributed by atoms with van der Waals surface area (Å²) in [6.45, 7) is 4.27. The van der Waals surface area contributed by atoms with Gasteiger partial charge in [-0.1, -0.05) is 0 Å². The van der Waals surface area contributed by atoms with Gasteiger partial charge in [-0.25, -0.2) is 4.68 Å². The highest BCUT2D eigenvalue weighted by Gasteiger charge is 2.40. The number of aromatic nitrogens is 4. The van der Waals surface area contributed by atoms with Crippen molar-refractivity contribution in [2.45, 2.75) is 31.8 Å². The second-order valence-electron chi connectivity index (χ2n) is 5.35. The number of aryl methyl sites for hydroxylation is 1. The van der Waals surface area contributed by atoms with Crippen molar-refractivity contribution in [3.05, 3.63) is 6.33 Å². The molecule has 1 aliphatic heterocycles. The first-order valence-electron chi connectivity index (χ1n) is 6.51. The van der Waals surface area contributed by atoms with Crippen LogP contribution in [-0.4, -0.2) is 50.8 Å². The van der Waals surface area contributed by atoms with E-state index in [-0.39, 0.29) is 0 Å². The van der Waals surface area contributed by atoms with Gasteiger partial charge in [0, 0.05) is 25.7 Å². The van der Waals surface area contributed by atoms with Crippen molar-refractivity contribution >= 4 is 0 Å². The minimum absolute atomic E-state index is 0.399. The minimum atomic E-state index is 0.399. The predicted octanol–water partition coefficient (Wildman–Crippen LogP) is -0.268. The van der Waals surface area contributed by atoms with Gasteiger partial charge in [0.15, 0.2) is 0 Å². The van der Waals surface area contributed by atoms with Crippen LogP contribution in [0.5, 0.6) is 0 Å². The third-order valence-corrected chi connectivity index (χ3v) is 3.97. The van der Waals surface area contributed by atoms with Crippen LogP contribution < -0.4 is 5.73 Å². The number of nitrogens with zero attached hydrogens (tertiary/aromatic N) is 5. The van der Waals surface area contributed by atoms with Crippen molar-refractivity contribution in [2.24, 2.45) is 17.6 Å². The Morgan fingerprint density at radius 2 is 2.12 bits per heavy atom. The lowest BCUT2D eigenvalue weighted by Crippen LogP contribution is -2.30. The van der Waals surface area contributed by atoms with Crippen molar-refractivity contribution in [3.63, 3.8) is 0 Å². The Hall–Kier alpha value is -1.01. The van der Waals surface area contributed by atoms with Crippen LogP contribution in [-0.2, 0) is 6.54 Å². The van der Waals surface area contributed by atoms with Crippen LogP contribution in [0.2, 0.25) is 0 Å². The van der Waals surface area contributed by atoms with Gasteiger partial charge in [0.05, 0.1) is 0 Å². The van der Waals surface area contributed by atoms with Gasteiger partial charge in [-0.2, -0.15) is 0 Å². The maximum absolute atomic E-state index is 6.20. The molecule has 6 heteroatoms. The summed E-state index contributed by atoms with van der Waals surface area (Å²) in [4.78, 5) is 2.50. The van der Waals surface area contributed by atoms with E-state index in [4.69, 9.17) is 5.73 Å². The van der Waals surface area contributed by atoms with E-state index in [1.54, 1.807) is 11.0 Å². The molecule has 0 unspecified atom stereocenters. The molecule has 2 heterocycles. The van der Waals surface area contributed by atoms with E-state index in [0.29, 0.717) is 6.04 Å². The van der Waals surface area contributed by atoms with Crippen LogP contribution in [0.3, 0.4) is 0 Å². The van der Waals surface area contributed by atoms with Crippen LogP contribution in [0.1, 0.15) is 19.3 Å². The van der Waals surface area contributed by atoms with Gasteiger partial charge in [0.25, 0.3) is 0 Å². The first kappa shape index (κ1) is 11.1. The van der Waals surface area contributed by atoms with Crippen LogP contribution in [0.15, 0.2) is 6.33 Å². The Kier molecular flexibility index (Phi) is 3.07. The Labute approximate surface area is 101 Å². The third kappa shape index (κ3) is 2.63. The number of tetrazole rings is 1. The molecule has 0 spiro atoms. The summed E-state index contributed by atoms with van der Waals surface area (Å²) in [5.41, 5.74) is 6.20. The molecule has 1 aromatic rings. The number of nitrogens with two attached hydrogens (primary N) is 1. The second-order valence-corrected chi connectivity index (χ2v) is 5.35.